The van der Waals surface area contributed by atoms with Crippen LogP contribution in [0.1, 0.15) is 20.7 Å². The van der Waals surface area contributed by atoms with Crippen molar-refractivity contribution in [1.82, 2.24) is 0 Å². The van der Waals surface area contributed by atoms with Crippen LogP contribution >= 0.6 is 0 Å². The van der Waals surface area contributed by atoms with Crippen molar-refractivity contribution in [1.29, 1.82) is 0 Å². The van der Waals surface area contributed by atoms with Gasteiger partial charge in [-0.1, -0.05) is 6.58 Å². The van der Waals surface area contributed by atoms with Crippen LogP contribution in [0.25, 0.3) is 0 Å². The Morgan fingerprint density at radius 3 is 2.18 bits per heavy atom. The summed E-state index contributed by atoms with van der Waals surface area (Å²) in [5, 5.41) is 19.9. The summed E-state index contributed by atoms with van der Waals surface area (Å²) in [5.41, 5.74) is -0.536. The van der Waals surface area contributed by atoms with Crippen LogP contribution in [0.2, 0.25) is 0 Å². The number of anilines is 1. The third-order valence-electron chi connectivity index (χ3n) is 1.93. The standard InChI is InChI=1S/C11H9NO5/c1-2-9(13)12-6-3-4-7(10(14)15)8(5-6)11(16)17/h2-5H,1H2,(H,12,13)(H,14,15)(H,16,17). The number of hydrogen-bond acceptors (Lipinski definition) is 3. The first-order valence-corrected chi connectivity index (χ1v) is 4.49. The van der Waals surface area contributed by atoms with E-state index in [-0.39, 0.29) is 16.8 Å². The summed E-state index contributed by atoms with van der Waals surface area (Å²) < 4.78 is 0. The van der Waals surface area contributed by atoms with Crippen LogP contribution < -0.4 is 5.32 Å². The zero-order chi connectivity index (χ0) is 13.0. The van der Waals surface area contributed by atoms with Gasteiger partial charge in [-0.15, -0.1) is 0 Å². The van der Waals surface area contributed by atoms with Crippen molar-refractivity contribution >= 4 is 23.5 Å². The molecule has 1 rings (SSSR count). The molecule has 17 heavy (non-hydrogen) atoms. The molecule has 0 bridgehead atoms. The molecule has 0 aromatic heterocycles. The first-order chi connectivity index (χ1) is 7.95. The fourth-order valence-electron chi connectivity index (χ4n) is 1.18. The third-order valence-corrected chi connectivity index (χ3v) is 1.93. The highest BCUT2D eigenvalue weighted by atomic mass is 16.4. The van der Waals surface area contributed by atoms with Gasteiger partial charge in [0.1, 0.15) is 0 Å². The predicted molar refractivity (Wildman–Crippen MR) is 59.2 cm³/mol. The molecule has 0 saturated heterocycles. The number of rotatable bonds is 4. The summed E-state index contributed by atoms with van der Waals surface area (Å²) in [4.78, 5) is 32.6. The van der Waals surface area contributed by atoms with Crippen molar-refractivity contribution in [2.45, 2.75) is 0 Å². The van der Waals surface area contributed by atoms with Crippen LogP contribution in [0.3, 0.4) is 0 Å². The second-order valence-corrected chi connectivity index (χ2v) is 3.06. The van der Waals surface area contributed by atoms with E-state index in [0.29, 0.717) is 0 Å². The average molecular weight is 235 g/mol. The van der Waals surface area contributed by atoms with E-state index in [4.69, 9.17) is 10.2 Å². The summed E-state index contributed by atoms with van der Waals surface area (Å²) in [5.74, 6) is -3.23. The lowest BCUT2D eigenvalue weighted by atomic mass is 10.1. The lowest BCUT2D eigenvalue weighted by Crippen LogP contribution is -2.11. The first kappa shape index (κ1) is 12.4. The number of nitrogens with one attached hydrogen (secondary N) is 1. The van der Waals surface area contributed by atoms with Crippen LogP contribution in [-0.2, 0) is 4.79 Å². The second-order valence-electron chi connectivity index (χ2n) is 3.06. The number of carbonyl (C=O) groups excluding carboxylic acids is 1. The van der Waals surface area contributed by atoms with Gasteiger partial charge >= 0.3 is 11.9 Å². The van der Waals surface area contributed by atoms with Gasteiger partial charge in [0.25, 0.3) is 0 Å². The van der Waals surface area contributed by atoms with Gasteiger partial charge in [-0.25, -0.2) is 9.59 Å². The first-order valence-electron chi connectivity index (χ1n) is 4.49. The molecular weight excluding hydrogens is 226 g/mol. The van der Waals surface area contributed by atoms with Gasteiger partial charge in [0.05, 0.1) is 11.1 Å². The number of carboxylic acid groups (broad SMARTS) is 2. The van der Waals surface area contributed by atoms with Crippen molar-refractivity contribution < 1.29 is 24.6 Å². The minimum Gasteiger partial charge on any atom is -0.478 e. The molecular formula is C11H9NO5. The monoisotopic (exact) mass is 235 g/mol. The minimum absolute atomic E-state index is 0.192. The molecule has 0 unspecified atom stereocenters. The summed E-state index contributed by atoms with van der Waals surface area (Å²) in [6.07, 6.45) is 1.02. The predicted octanol–water partition coefficient (Wildman–Crippen LogP) is 1.21. The Labute approximate surface area is 96.2 Å². The quantitative estimate of drug-likeness (QED) is 0.680. The molecule has 0 saturated carbocycles. The third kappa shape index (κ3) is 2.91. The number of carbonyl (C=O) groups is 3. The fraction of sp³-hybridized carbons (Fsp3) is 0. The number of benzene rings is 1. The lowest BCUT2D eigenvalue weighted by molar-refractivity contribution is -0.111. The Kier molecular flexibility index (Phi) is 3.61. The maximum Gasteiger partial charge on any atom is 0.336 e. The maximum absolute atomic E-state index is 11.0. The highest BCUT2D eigenvalue weighted by Gasteiger charge is 2.16. The molecule has 0 aliphatic heterocycles. The summed E-state index contributed by atoms with van der Waals surface area (Å²) in [6.45, 7) is 3.24. The van der Waals surface area contributed by atoms with E-state index < -0.39 is 17.8 Å². The van der Waals surface area contributed by atoms with E-state index in [1.54, 1.807) is 0 Å². The summed E-state index contributed by atoms with van der Waals surface area (Å²) >= 11 is 0. The zero-order valence-corrected chi connectivity index (χ0v) is 8.64. The molecule has 88 valence electrons. The average Bonchev–Trinajstić information content (AvgIpc) is 2.28. The molecule has 0 heterocycles. The molecule has 6 nitrogen and oxygen atoms in total. The Bertz CT molecular complexity index is 507. The Morgan fingerprint density at radius 2 is 1.71 bits per heavy atom. The van der Waals surface area contributed by atoms with Gasteiger partial charge in [0.2, 0.25) is 5.91 Å². The van der Waals surface area contributed by atoms with E-state index in [1.807, 2.05) is 0 Å². The number of amides is 1. The molecule has 0 atom stereocenters. The smallest absolute Gasteiger partial charge is 0.336 e. The van der Waals surface area contributed by atoms with Crippen molar-refractivity contribution in [2.24, 2.45) is 0 Å². The van der Waals surface area contributed by atoms with E-state index in [1.165, 1.54) is 6.07 Å². The second kappa shape index (κ2) is 4.93. The van der Waals surface area contributed by atoms with Crippen molar-refractivity contribution in [3.63, 3.8) is 0 Å². The molecule has 0 fully saturated rings. The largest absolute Gasteiger partial charge is 0.478 e. The highest BCUT2D eigenvalue weighted by molar-refractivity contribution is 6.04. The fourth-order valence-corrected chi connectivity index (χ4v) is 1.18. The molecule has 1 amide bonds. The van der Waals surface area contributed by atoms with Crippen LogP contribution in [0.15, 0.2) is 30.9 Å². The van der Waals surface area contributed by atoms with Crippen LogP contribution in [-0.4, -0.2) is 28.1 Å². The summed E-state index contributed by atoms with van der Waals surface area (Å²) in [6, 6.07) is 3.50. The Hall–Kier alpha value is -2.63. The van der Waals surface area contributed by atoms with Crippen molar-refractivity contribution in [3.8, 4) is 0 Å². The maximum atomic E-state index is 11.0. The van der Waals surface area contributed by atoms with Gasteiger partial charge in [-0.3, -0.25) is 4.79 Å². The van der Waals surface area contributed by atoms with Gasteiger partial charge < -0.3 is 15.5 Å². The van der Waals surface area contributed by atoms with E-state index in [2.05, 4.69) is 11.9 Å². The molecule has 0 radical (unpaired) electrons. The van der Waals surface area contributed by atoms with E-state index in [9.17, 15) is 14.4 Å². The van der Waals surface area contributed by atoms with E-state index in [0.717, 1.165) is 18.2 Å². The Morgan fingerprint density at radius 1 is 1.12 bits per heavy atom. The number of hydrogen-bond donors (Lipinski definition) is 3. The molecule has 1 aromatic carbocycles. The Balaban J connectivity index is 3.18. The van der Waals surface area contributed by atoms with Gasteiger partial charge in [-0.05, 0) is 24.3 Å². The van der Waals surface area contributed by atoms with E-state index >= 15 is 0 Å². The minimum atomic E-state index is -1.38. The number of carboxylic acids is 2. The lowest BCUT2D eigenvalue weighted by Gasteiger charge is -2.06. The highest BCUT2D eigenvalue weighted by Crippen LogP contribution is 2.16. The van der Waals surface area contributed by atoms with Gasteiger partial charge in [0.15, 0.2) is 0 Å². The van der Waals surface area contributed by atoms with Crippen LogP contribution in [0.5, 0.6) is 0 Å². The molecule has 6 heteroatoms. The van der Waals surface area contributed by atoms with Crippen molar-refractivity contribution in [3.05, 3.63) is 42.0 Å². The molecule has 0 spiro atoms. The van der Waals surface area contributed by atoms with Crippen molar-refractivity contribution in [2.75, 3.05) is 5.32 Å². The molecule has 3 N–H and O–H groups in total. The normalized spacial score (nSPS) is 9.41. The van der Waals surface area contributed by atoms with Gasteiger partial charge in [0, 0.05) is 5.69 Å². The topological polar surface area (TPSA) is 104 Å². The molecule has 0 aliphatic rings. The van der Waals surface area contributed by atoms with Crippen LogP contribution in [0.4, 0.5) is 5.69 Å². The molecule has 0 aliphatic carbocycles. The van der Waals surface area contributed by atoms with Crippen LogP contribution in [0, 0.1) is 0 Å². The summed E-state index contributed by atoms with van der Waals surface area (Å²) in [7, 11) is 0. The molecule has 1 aromatic rings. The number of aromatic carboxylic acids is 2. The SMILES string of the molecule is C=CC(=O)Nc1ccc(C(=O)O)c(C(=O)O)c1. The zero-order valence-electron chi connectivity index (χ0n) is 8.64. The van der Waals surface area contributed by atoms with Gasteiger partial charge in [-0.2, -0.15) is 0 Å².